The van der Waals surface area contributed by atoms with Crippen molar-refractivity contribution >= 4 is 17.8 Å². The highest BCUT2D eigenvalue weighted by atomic mass is 16.4. The summed E-state index contributed by atoms with van der Waals surface area (Å²) in [5.74, 6) is -1.85. The summed E-state index contributed by atoms with van der Waals surface area (Å²) in [5.41, 5.74) is 0. The van der Waals surface area contributed by atoms with Crippen LogP contribution in [0.2, 0.25) is 0 Å². The van der Waals surface area contributed by atoms with Crippen LogP contribution >= 0.6 is 0 Å². The first-order valence-electron chi connectivity index (χ1n) is 6.07. The van der Waals surface area contributed by atoms with Crippen LogP contribution in [0.1, 0.15) is 26.7 Å². The lowest BCUT2D eigenvalue weighted by molar-refractivity contribution is -0.144. The second kappa shape index (κ2) is 5.84. The van der Waals surface area contributed by atoms with Gasteiger partial charge in [-0.15, -0.1) is 0 Å². The molecule has 0 saturated heterocycles. The molecule has 0 aliphatic heterocycles. The lowest BCUT2D eigenvalue weighted by Gasteiger charge is -2.26. The van der Waals surface area contributed by atoms with E-state index in [0.29, 0.717) is 0 Å². The predicted molar refractivity (Wildman–Crippen MR) is 64.8 cm³/mol. The zero-order valence-corrected chi connectivity index (χ0v) is 11.0. The standard InChI is InChI=1S/C12H20N2O4/c1-8(12(17)18)6-14(10-4-5-10)11(16)7-13(3)9(2)15/h8,10H,4-7H2,1-3H3,(H,17,18). The second-order valence-electron chi connectivity index (χ2n) is 4.89. The van der Waals surface area contributed by atoms with Crippen molar-refractivity contribution in [1.29, 1.82) is 0 Å². The molecular formula is C12H20N2O4. The minimum Gasteiger partial charge on any atom is -0.481 e. The van der Waals surface area contributed by atoms with E-state index < -0.39 is 11.9 Å². The van der Waals surface area contributed by atoms with E-state index >= 15 is 0 Å². The minimum atomic E-state index is -0.909. The number of carbonyl (C=O) groups is 3. The first-order chi connectivity index (χ1) is 8.32. The molecule has 1 aliphatic rings. The topological polar surface area (TPSA) is 77.9 Å². The van der Waals surface area contributed by atoms with Gasteiger partial charge in [-0.05, 0) is 12.8 Å². The van der Waals surface area contributed by atoms with Crippen molar-refractivity contribution in [2.24, 2.45) is 5.92 Å². The van der Waals surface area contributed by atoms with Crippen LogP contribution < -0.4 is 0 Å². The Morgan fingerprint density at radius 3 is 2.28 bits per heavy atom. The van der Waals surface area contributed by atoms with Gasteiger partial charge in [-0.3, -0.25) is 14.4 Å². The van der Waals surface area contributed by atoms with Gasteiger partial charge in [0.25, 0.3) is 0 Å². The number of carbonyl (C=O) groups excluding carboxylic acids is 2. The Balaban J connectivity index is 2.59. The van der Waals surface area contributed by atoms with Crippen LogP contribution in [-0.4, -0.2) is 58.9 Å². The number of amides is 2. The Hall–Kier alpha value is -1.59. The SMILES string of the molecule is CC(=O)N(C)CC(=O)N(CC(C)C(=O)O)C1CC1. The van der Waals surface area contributed by atoms with Gasteiger partial charge in [0.1, 0.15) is 0 Å². The summed E-state index contributed by atoms with van der Waals surface area (Å²) in [6, 6.07) is 0.152. The summed E-state index contributed by atoms with van der Waals surface area (Å²) < 4.78 is 0. The van der Waals surface area contributed by atoms with Crippen molar-refractivity contribution in [2.45, 2.75) is 32.7 Å². The molecule has 1 unspecified atom stereocenters. The highest BCUT2D eigenvalue weighted by Crippen LogP contribution is 2.27. The van der Waals surface area contributed by atoms with Crippen LogP contribution in [0, 0.1) is 5.92 Å². The molecule has 0 spiro atoms. The van der Waals surface area contributed by atoms with Gasteiger partial charge in [-0.1, -0.05) is 6.92 Å². The monoisotopic (exact) mass is 256 g/mol. The van der Waals surface area contributed by atoms with Crippen LogP contribution in [0.3, 0.4) is 0 Å². The van der Waals surface area contributed by atoms with Gasteiger partial charge in [-0.25, -0.2) is 0 Å². The van der Waals surface area contributed by atoms with Crippen LogP contribution in [0.5, 0.6) is 0 Å². The molecule has 0 aromatic carbocycles. The highest BCUT2D eigenvalue weighted by Gasteiger charge is 2.34. The van der Waals surface area contributed by atoms with Gasteiger partial charge in [0.05, 0.1) is 12.5 Å². The normalized spacial score (nSPS) is 15.9. The van der Waals surface area contributed by atoms with Crippen molar-refractivity contribution in [3.63, 3.8) is 0 Å². The van der Waals surface area contributed by atoms with Crippen LogP contribution in [0.4, 0.5) is 0 Å². The van der Waals surface area contributed by atoms with Crippen molar-refractivity contribution in [3.8, 4) is 0 Å². The van der Waals surface area contributed by atoms with Crippen molar-refractivity contribution in [1.82, 2.24) is 9.80 Å². The third-order valence-corrected chi connectivity index (χ3v) is 3.11. The summed E-state index contributed by atoms with van der Waals surface area (Å²) in [7, 11) is 1.56. The maximum absolute atomic E-state index is 12.0. The van der Waals surface area contributed by atoms with Crippen LogP contribution in [-0.2, 0) is 14.4 Å². The molecule has 1 fully saturated rings. The number of likely N-dealkylation sites (N-methyl/N-ethyl adjacent to an activating group) is 1. The van der Waals surface area contributed by atoms with Crippen LogP contribution in [0.25, 0.3) is 0 Å². The van der Waals surface area contributed by atoms with E-state index in [1.807, 2.05) is 0 Å². The fourth-order valence-electron chi connectivity index (χ4n) is 1.62. The molecular weight excluding hydrogens is 236 g/mol. The largest absolute Gasteiger partial charge is 0.481 e. The fourth-order valence-corrected chi connectivity index (χ4v) is 1.62. The van der Waals surface area contributed by atoms with E-state index in [1.54, 1.807) is 18.9 Å². The van der Waals surface area contributed by atoms with E-state index in [2.05, 4.69) is 0 Å². The predicted octanol–water partition coefficient (Wildman–Crippen LogP) is 0.176. The number of aliphatic carboxylic acids is 1. The summed E-state index contributed by atoms with van der Waals surface area (Å²) in [6.07, 6.45) is 1.84. The zero-order chi connectivity index (χ0) is 13.9. The van der Waals surface area contributed by atoms with Gasteiger partial charge in [0.15, 0.2) is 0 Å². The van der Waals surface area contributed by atoms with Crippen molar-refractivity contribution in [2.75, 3.05) is 20.1 Å². The minimum absolute atomic E-state index is 0.0121. The van der Waals surface area contributed by atoms with Crippen LogP contribution in [0.15, 0.2) is 0 Å². The van der Waals surface area contributed by atoms with Crippen molar-refractivity contribution < 1.29 is 19.5 Å². The molecule has 0 aromatic rings. The Labute approximate surface area is 107 Å². The number of hydrogen-bond donors (Lipinski definition) is 1. The average Bonchev–Trinajstić information content (AvgIpc) is 3.08. The molecule has 0 bridgehead atoms. The fraction of sp³-hybridized carbons (Fsp3) is 0.750. The number of carboxylic acid groups (broad SMARTS) is 1. The number of rotatable bonds is 6. The van der Waals surface area contributed by atoms with E-state index in [0.717, 1.165) is 12.8 Å². The molecule has 1 rings (SSSR count). The summed E-state index contributed by atoms with van der Waals surface area (Å²) in [4.78, 5) is 36.9. The lowest BCUT2D eigenvalue weighted by atomic mass is 10.1. The second-order valence-corrected chi connectivity index (χ2v) is 4.89. The number of nitrogens with zero attached hydrogens (tertiary/aromatic N) is 2. The third kappa shape index (κ3) is 4.01. The molecule has 1 saturated carbocycles. The molecule has 6 heteroatoms. The van der Waals surface area contributed by atoms with E-state index in [9.17, 15) is 14.4 Å². The molecule has 1 aliphatic carbocycles. The summed E-state index contributed by atoms with van der Waals surface area (Å²) >= 11 is 0. The maximum Gasteiger partial charge on any atom is 0.308 e. The summed E-state index contributed by atoms with van der Waals surface area (Å²) in [5, 5.41) is 8.88. The van der Waals surface area contributed by atoms with Gasteiger partial charge in [-0.2, -0.15) is 0 Å². The number of carboxylic acids is 1. The molecule has 2 amide bonds. The molecule has 0 aromatic heterocycles. The molecule has 6 nitrogen and oxygen atoms in total. The van der Waals surface area contributed by atoms with Crippen molar-refractivity contribution in [3.05, 3.63) is 0 Å². The molecule has 102 valence electrons. The first kappa shape index (κ1) is 14.5. The van der Waals surface area contributed by atoms with Gasteiger partial charge < -0.3 is 14.9 Å². The van der Waals surface area contributed by atoms with Gasteiger partial charge in [0, 0.05) is 26.6 Å². The van der Waals surface area contributed by atoms with E-state index in [4.69, 9.17) is 5.11 Å². The molecule has 1 N–H and O–H groups in total. The van der Waals surface area contributed by atoms with Gasteiger partial charge in [0.2, 0.25) is 11.8 Å². The highest BCUT2D eigenvalue weighted by molar-refractivity contribution is 5.84. The first-order valence-corrected chi connectivity index (χ1v) is 6.07. The van der Waals surface area contributed by atoms with E-state index in [1.165, 1.54) is 11.8 Å². The zero-order valence-electron chi connectivity index (χ0n) is 11.0. The summed E-state index contributed by atoms with van der Waals surface area (Å²) in [6.45, 7) is 3.21. The molecule has 0 radical (unpaired) electrons. The molecule has 18 heavy (non-hydrogen) atoms. The Morgan fingerprint density at radius 1 is 1.33 bits per heavy atom. The molecule has 0 heterocycles. The Kier molecular flexibility index (Phi) is 4.69. The van der Waals surface area contributed by atoms with Gasteiger partial charge >= 0.3 is 5.97 Å². The smallest absolute Gasteiger partial charge is 0.308 e. The maximum atomic E-state index is 12.0. The average molecular weight is 256 g/mol. The van der Waals surface area contributed by atoms with E-state index in [-0.39, 0.29) is 30.9 Å². The Bertz CT molecular complexity index is 352. The third-order valence-electron chi connectivity index (χ3n) is 3.11. The quantitative estimate of drug-likeness (QED) is 0.735. The molecule has 1 atom stereocenters. The lowest BCUT2D eigenvalue weighted by Crippen LogP contribution is -2.44. The number of hydrogen-bond acceptors (Lipinski definition) is 3. The Morgan fingerprint density at radius 2 is 1.89 bits per heavy atom.